The minimum atomic E-state index is -0.820. The fourth-order valence-electron chi connectivity index (χ4n) is 2.80. The summed E-state index contributed by atoms with van der Waals surface area (Å²) in [5.41, 5.74) is -0.394. The standard InChI is InChI=1S/C26H39N3O5/c1-18(2)21(13-11-12-19-14-16-20(32-10)17-15-19)29(9)22(27-23(30)33-25(3,4)5)28-24(31)34-26(6,7)8/h14-18,21H,12H2,1-10H3,(H,27,28,30,31). The van der Waals surface area contributed by atoms with Crippen molar-refractivity contribution in [3.8, 4) is 17.6 Å². The molecule has 0 spiro atoms. The van der Waals surface area contributed by atoms with Crippen LogP contribution in [0.1, 0.15) is 61.0 Å². The number of alkyl carbamates (subject to hydrolysis) is 1. The number of amides is 2. The van der Waals surface area contributed by atoms with Crippen LogP contribution in [0.5, 0.6) is 5.75 Å². The summed E-state index contributed by atoms with van der Waals surface area (Å²) in [6.07, 6.45) is -1.01. The van der Waals surface area contributed by atoms with Gasteiger partial charge in [0, 0.05) is 13.5 Å². The maximum Gasteiger partial charge on any atom is 0.437 e. The predicted molar refractivity (Wildman–Crippen MR) is 134 cm³/mol. The van der Waals surface area contributed by atoms with Gasteiger partial charge in [-0.3, -0.25) is 5.32 Å². The van der Waals surface area contributed by atoms with Gasteiger partial charge in [-0.05, 0) is 65.2 Å². The molecule has 0 fully saturated rings. The Bertz CT molecular complexity index is 913. The van der Waals surface area contributed by atoms with Crippen LogP contribution in [0.2, 0.25) is 0 Å². The van der Waals surface area contributed by atoms with Crippen molar-refractivity contribution in [1.29, 1.82) is 0 Å². The van der Waals surface area contributed by atoms with Gasteiger partial charge in [0.2, 0.25) is 5.96 Å². The van der Waals surface area contributed by atoms with E-state index < -0.39 is 23.4 Å². The minimum absolute atomic E-state index is 0.000877. The smallest absolute Gasteiger partial charge is 0.437 e. The van der Waals surface area contributed by atoms with Gasteiger partial charge in [0.05, 0.1) is 13.2 Å². The number of hydrogen-bond acceptors (Lipinski definition) is 5. The molecule has 1 aromatic carbocycles. The van der Waals surface area contributed by atoms with Gasteiger partial charge in [-0.15, -0.1) is 4.99 Å². The van der Waals surface area contributed by atoms with Crippen LogP contribution in [0.4, 0.5) is 9.59 Å². The number of guanidine groups is 1. The average molecular weight is 474 g/mol. The summed E-state index contributed by atoms with van der Waals surface area (Å²) < 4.78 is 15.8. The van der Waals surface area contributed by atoms with Gasteiger partial charge in [-0.1, -0.05) is 37.8 Å². The lowest BCUT2D eigenvalue weighted by molar-refractivity contribution is 0.0553. The third-order valence-corrected chi connectivity index (χ3v) is 4.29. The molecule has 2 amide bonds. The first-order valence-electron chi connectivity index (χ1n) is 11.3. The van der Waals surface area contributed by atoms with Crippen molar-refractivity contribution in [2.45, 2.75) is 79.1 Å². The summed E-state index contributed by atoms with van der Waals surface area (Å²) in [5, 5.41) is 2.58. The number of aliphatic imine (C=N–C) groups is 1. The van der Waals surface area contributed by atoms with Crippen molar-refractivity contribution < 1.29 is 23.8 Å². The van der Waals surface area contributed by atoms with E-state index in [-0.39, 0.29) is 17.9 Å². The van der Waals surface area contributed by atoms with Crippen molar-refractivity contribution in [3.05, 3.63) is 29.8 Å². The second-order valence-corrected chi connectivity index (χ2v) is 10.2. The van der Waals surface area contributed by atoms with E-state index >= 15 is 0 Å². The lowest BCUT2D eigenvalue weighted by Crippen LogP contribution is -2.50. The molecule has 0 aromatic heterocycles. The fraction of sp³-hybridized carbons (Fsp3) is 0.577. The Morgan fingerprint density at radius 2 is 1.59 bits per heavy atom. The first-order chi connectivity index (χ1) is 15.6. The topological polar surface area (TPSA) is 89.5 Å². The fourth-order valence-corrected chi connectivity index (χ4v) is 2.80. The molecule has 1 unspecified atom stereocenters. The quantitative estimate of drug-likeness (QED) is 0.375. The number of carbonyl (C=O) groups excluding carboxylic acids is 2. The number of methoxy groups -OCH3 is 1. The highest BCUT2D eigenvalue weighted by atomic mass is 16.6. The van der Waals surface area contributed by atoms with Crippen molar-refractivity contribution in [2.75, 3.05) is 14.2 Å². The van der Waals surface area contributed by atoms with E-state index in [1.54, 1.807) is 60.6 Å². The van der Waals surface area contributed by atoms with E-state index in [2.05, 4.69) is 22.2 Å². The summed E-state index contributed by atoms with van der Waals surface area (Å²) in [5.74, 6) is 7.28. The van der Waals surface area contributed by atoms with Crippen LogP contribution in [0.15, 0.2) is 29.3 Å². The van der Waals surface area contributed by atoms with Crippen molar-refractivity contribution in [3.63, 3.8) is 0 Å². The highest BCUT2D eigenvalue weighted by Gasteiger charge is 2.26. The summed E-state index contributed by atoms with van der Waals surface area (Å²) in [6.45, 7) is 14.5. The molecule has 1 N–H and O–H groups in total. The maximum atomic E-state index is 12.4. The molecule has 0 aliphatic rings. The summed E-state index contributed by atoms with van der Waals surface area (Å²) >= 11 is 0. The third-order valence-electron chi connectivity index (χ3n) is 4.29. The summed E-state index contributed by atoms with van der Waals surface area (Å²) in [6, 6.07) is 7.36. The molecule has 34 heavy (non-hydrogen) atoms. The Morgan fingerprint density at radius 3 is 2.06 bits per heavy atom. The van der Waals surface area contributed by atoms with E-state index in [9.17, 15) is 9.59 Å². The largest absolute Gasteiger partial charge is 0.497 e. The maximum absolute atomic E-state index is 12.4. The average Bonchev–Trinajstić information content (AvgIpc) is 2.67. The molecule has 1 atom stereocenters. The van der Waals surface area contributed by atoms with Gasteiger partial charge in [0.25, 0.3) is 0 Å². The van der Waals surface area contributed by atoms with Gasteiger partial charge >= 0.3 is 12.2 Å². The zero-order chi connectivity index (χ0) is 26.1. The van der Waals surface area contributed by atoms with Crippen molar-refractivity contribution in [1.82, 2.24) is 10.2 Å². The number of hydrogen-bond donors (Lipinski definition) is 1. The Balaban J connectivity index is 3.16. The second kappa shape index (κ2) is 12.3. The molecular weight excluding hydrogens is 434 g/mol. The molecule has 0 saturated heterocycles. The Morgan fingerprint density at radius 1 is 1.03 bits per heavy atom. The van der Waals surface area contributed by atoms with Crippen LogP contribution < -0.4 is 10.1 Å². The number of carbonyl (C=O) groups is 2. The zero-order valence-corrected chi connectivity index (χ0v) is 22.1. The molecule has 188 valence electrons. The van der Waals surface area contributed by atoms with Gasteiger partial charge in [0.15, 0.2) is 0 Å². The van der Waals surface area contributed by atoms with Gasteiger partial charge in [0.1, 0.15) is 17.0 Å². The first-order valence-corrected chi connectivity index (χ1v) is 11.3. The van der Waals surface area contributed by atoms with E-state index in [1.165, 1.54) is 0 Å². The number of nitrogens with one attached hydrogen (secondary N) is 1. The van der Waals surface area contributed by atoms with Crippen LogP contribution >= 0.6 is 0 Å². The van der Waals surface area contributed by atoms with Crippen molar-refractivity contribution >= 4 is 18.1 Å². The van der Waals surface area contributed by atoms with Crippen LogP contribution in [-0.2, 0) is 15.9 Å². The van der Waals surface area contributed by atoms with E-state index in [1.807, 2.05) is 38.1 Å². The molecule has 0 heterocycles. The van der Waals surface area contributed by atoms with Crippen molar-refractivity contribution in [2.24, 2.45) is 10.9 Å². The molecule has 0 radical (unpaired) electrons. The second-order valence-electron chi connectivity index (χ2n) is 10.2. The third kappa shape index (κ3) is 11.1. The summed E-state index contributed by atoms with van der Waals surface area (Å²) in [4.78, 5) is 30.5. The number of rotatable bonds is 4. The molecule has 0 saturated carbocycles. The lowest BCUT2D eigenvalue weighted by Gasteiger charge is -2.30. The van der Waals surface area contributed by atoms with Gasteiger partial charge < -0.3 is 19.1 Å². The first kappa shape index (κ1) is 28.8. The molecule has 0 aliphatic carbocycles. The minimum Gasteiger partial charge on any atom is -0.497 e. The normalized spacial score (nSPS) is 12.9. The van der Waals surface area contributed by atoms with Crippen LogP contribution in [0.3, 0.4) is 0 Å². The van der Waals surface area contributed by atoms with Gasteiger partial charge in [-0.25, -0.2) is 9.59 Å². The number of benzene rings is 1. The van der Waals surface area contributed by atoms with Gasteiger partial charge in [-0.2, -0.15) is 0 Å². The molecule has 1 rings (SSSR count). The molecule has 0 bridgehead atoms. The highest BCUT2D eigenvalue weighted by molar-refractivity contribution is 5.99. The van der Waals surface area contributed by atoms with E-state index in [0.29, 0.717) is 6.42 Å². The molecule has 8 heteroatoms. The number of nitrogens with zero attached hydrogens (tertiary/aromatic N) is 2. The molecular formula is C26H39N3O5. The highest BCUT2D eigenvalue weighted by Crippen LogP contribution is 2.14. The van der Waals surface area contributed by atoms with E-state index in [0.717, 1.165) is 11.3 Å². The monoisotopic (exact) mass is 473 g/mol. The molecule has 0 aliphatic heterocycles. The predicted octanol–water partition coefficient (Wildman–Crippen LogP) is 5.01. The molecule has 8 nitrogen and oxygen atoms in total. The van der Waals surface area contributed by atoms with Crippen LogP contribution in [0, 0.1) is 17.8 Å². The van der Waals surface area contributed by atoms with Crippen LogP contribution in [0.25, 0.3) is 0 Å². The lowest BCUT2D eigenvalue weighted by atomic mass is 10.0. The van der Waals surface area contributed by atoms with Crippen LogP contribution in [-0.4, -0.2) is 54.4 Å². The zero-order valence-electron chi connectivity index (χ0n) is 22.1. The Kier molecular flexibility index (Phi) is 10.4. The number of ether oxygens (including phenoxy) is 3. The SMILES string of the molecule is COc1ccc(CC#CC(C(C)C)N(C)/C(=N\C(=O)OC(C)(C)C)NC(=O)OC(C)(C)C)cc1. The van der Waals surface area contributed by atoms with E-state index in [4.69, 9.17) is 14.2 Å². The Hall–Kier alpha value is -3.21. The Labute approximate surface area is 204 Å². The summed E-state index contributed by atoms with van der Waals surface area (Å²) in [7, 11) is 3.34. The molecule has 1 aromatic rings.